The zero-order chi connectivity index (χ0) is 10.3. The minimum absolute atomic E-state index is 0.372. The third-order valence-corrected chi connectivity index (χ3v) is 1.61. The van der Waals surface area contributed by atoms with E-state index in [1.807, 2.05) is 6.34 Å². The molecule has 0 N–H and O–H groups in total. The van der Waals surface area contributed by atoms with E-state index in [0.29, 0.717) is 12.1 Å². The first-order valence-electron chi connectivity index (χ1n) is 5.05. The molecule has 0 saturated carbocycles. The Labute approximate surface area is 82.4 Å². The molecular weight excluding hydrogens is 160 g/mol. The van der Waals surface area contributed by atoms with Gasteiger partial charge >= 0.3 is 0 Å². The van der Waals surface area contributed by atoms with Crippen molar-refractivity contribution in [1.82, 2.24) is 4.90 Å². The van der Waals surface area contributed by atoms with Gasteiger partial charge in [0, 0.05) is 18.3 Å². The van der Waals surface area contributed by atoms with E-state index in [9.17, 15) is 0 Å². The molecule has 0 fully saturated rings. The number of hydrogen-bond donors (Lipinski definition) is 0. The average Bonchev–Trinajstić information content (AvgIpc) is 2.03. The van der Waals surface area contributed by atoms with Crippen LogP contribution in [0.5, 0.6) is 0 Å². The Morgan fingerprint density at radius 2 is 1.85 bits per heavy atom. The highest BCUT2D eigenvalue weighted by Gasteiger charge is 1.99. The predicted octanol–water partition coefficient (Wildman–Crippen LogP) is 3.06. The largest absolute Gasteiger partial charge is 0.337 e. The molecule has 0 aliphatic heterocycles. The molecule has 76 valence electrons. The molecule has 0 unspecified atom stereocenters. The van der Waals surface area contributed by atoms with Crippen LogP contribution < -0.4 is 0 Å². The standard InChI is InChI=1S/C11H22N2/c1-6-7-8-13(11(4)5)9-12-10(2)3/h7-11H,6H2,1-5H3/b8-7?,12-9-. The van der Waals surface area contributed by atoms with E-state index in [2.05, 4.69) is 56.8 Å². The maximum atomic E-state index is 4.35. The van der Waals surface area contributed by atoms with E-state index in [0.717, 1.165) is 6.42 Å². The molecule has 0 saturated heterocycles. The molecule has 0 heterocycles. The lowest BCUT2D eigenvalue weighted by Crippen LogP contribution is -2.24. The highest BCUT2D eigenvalue weighted by atomic mass is 15.2. The maximum Gasteiger partial charge on any atom is 0.0895 e. The molecule has 2 nitrogen and oxygen atoms in total. The van der Waals surface area contributed by atoms with Gasteiger partial charge in [0.2, 0.25) is 0 Å². The number of nitrogens with zero attached hydrogens (tertiary/aromatic N) is 2. The summed E-state index contributed by atoms with van der Waals surface area (Å²) in [5, 5.41) is 0. The highest BCUT2D eigenvalue weighted by Crippen LogP contribution is 1.98. The maximum absolute atomic E-state index is 4.35. The minimum atomic E-state index is 0.372. The van der Waals surface area contributed by atoms with Crippen molar-refractivity contribution in [2.75, 3.05) is 0 Å². The van der Waals surface area contributed by atoms with Gasteiger partial charge in [-0.05, 0) is 34.1 Å². The highest BCUT2D eigenvalue weighted by molar-refractivity contribution is 5.57. The van der Waals surface area contributed by atoms with Crippen LogP contribution in [-0.2, 0) is 0 Å². The first kappa shape index (κ1) is 12.2. The lowest BCUT2D eigenvalue weighted by atomic mass is 10.3. The van der Waals surface area contributed by atoms with Crippen LogP contribution in [0.4, 0.5) is 0 Å². The van der Waals surface area contributed by atoms with Crippen LogP contribution in [0.25, 0.3) is 0 Å². The molecule has 0 aromatic heterocycles. The number of aliphatic imine (C=N–C) groups is 1. The second-order valence-electron chi connectivity index (χ2n) is 3.69. The van der Waals surface area contributed by atoms with Crippen LogP contribution in [0.2, 0.25) is 0 Å². The van der Waals surface area contributed by atoms with Gasteiger partial charge < -0.3 is 4.90 Å². The molecule has 0 rings (SSSR count). The fourth-order valence-electron chi connectivity index (χ4n) is 0.781. The average molecular weight is 182 g/mol. The van der Waals surface area contributed by atoms with Crippen LogP contribution in [0.1, 0.15) is 41.0 Å². The number of hydrogen-bond acceptors (Lipinski definition) is 1. The van der Waals surface area contributed by atoms with Gasteiger partial charge in [0.05, 0.1) is 6.34 Å². The van der Waals surface area contributed by atoms with Gasteiger partial charge in [-0.15, -0.1) is 0 Å². The van der Waals surface area contributed by atoms with Crippen molar-refractivity contribution >= 4 is 6.34 Å². The molecule has 0 atom stereocenters. The zero-order valence-electron chi connectivity index (χ0n) is 9.49. The van der Waals surface area contributed by atoms with Crippen molar-refractivity contribution in [3.8, 4) is 0 Å². The van der Waals surface area contributed by atoms with Gasteiger partial charge in [0.25, 0.3) is 0 Å². The third kappa shape index (κ3) is 6.38. The first-order chi connectivity index (χ1) is 6.07. The Morgan fingerprint density at radius 3 is 2.23 bits per heavy atom. The summed E-state index contributed by atoms with van der Waals surface area (Å²) >= 11 is 0. The molecule has 0 amide bonds. The van der Waals surface area contributed by atoms with Crippen molar-refractivity contribution in [3.05, 3.63) is 12.3 Å². The van der Waals surface area contributed by atoms with Gasteiger partial charge in [0.15, 0.2) is 0 Å². The van der Waals surface area contributed by atoms with E-state index in [-0.39, 0.29) is 0 Å². The van der Waals surface area contributed by atoms with E-state index < -0.39 is 0 Å². The fourth-order valence-corrected chi connectivity index (χ4v) is 0.781. The van der Waals surface area contributed by atoms with Gasteiger partial charge in [0.1, 0.15) is 0 Å². The second kappa shape index (κ2) is 6.70. The first-order valence-corrected chi connectivity index (χ1v) is 5.05. The third-order valence-electron chi connectivity index (χ3n) is 1.61. The van der Waals surface area contributed by atoms with Crippen molar-refractivity contribution in [3.63, 3.8) is 0 Å². The van der Waals surface area contributed by atoms with E-state index in [1.165, 1.54) is 0 Å². The van der Waals surface area contributed by atoms with Crippen LogP contribution in [-0.4, -0.2) is 23.3 Å². The Morgan fingerprint density at radius 1 is 1.23 bits per heavy atom. The Bertz CT molecular complexity index is 169. The van der Waals surface area contributed by atoms with Crippen LogP contribution in [0, 0.1) is 0 Å². The summed E-state index contributed by atoms with van der Waals surface area (Å²) in [6, 6.07) is 0.849. The Hall–Kier alpha value is -0.790. The Balaban J connectivity index is 4.18. The van der Waals surface area contributed by atoms with Gasteiger partial charge in [-0.3, -0.25) is 4.99 Å². The summed E-state index contributed by atoms with van der Waals surface area (Å²) < 4.78 is 0. The molecule has 0 aromatic carbocycles. The number of allylic oxidation sites excluding steroid dienone is 1. The fraction of sp³-hybridized carbons (Fsp3) is 0.727. The molecule has 0 spiro atoms. The van der Waals surface area contributed by atoms with Gasteiger partial charge in [-0.25, -0.2) is 0 Å². The molecule has 0 aliphatic carbocycles. The molecule has 13 heavy (non-hydrogen) atoms. The van der Waals surface area contributed by atoms with Crippen molar-refractivity contribution < 1.29 is 0 Å². The quantitative estimate of drug-likeness (QED) is 0.471. The van der Waals surface area contributed by atoms with E-state index >= 15 is 0 Å². The van der Waals surface area contributed by atoms with Crippen LogP contribution in [0.15, 0.2) is 17.3 Å². The zero-order valence-corrected chi connectivity index (χ0v) is 9.49. The molecule has 2 heteroatoms. The van der Waals surface area contributed by atoms with Crippen molar-refractivity contribution in [1.29, 1.82) is 0 Å². The van der Waals surface area contributed by atoms with Crippen LogP contribution in [0.3, 0.4) is 0 Å². The lowest BCUT2D eigenvalue weighted by Gasteiger charge is -2.19. The van der Waals surface area contributed by atoms with Gasteiger partial charge in [-0.2, -0.15) is 0 Å². The molecular formula is C11H22N2. The summed E-state index contributed by atoms with van der Waals surface area (Å²) in [4.78, 5) is 6.48. The monoisotopic (exact) mass is 182 g/mol. The van der Waals surface area contributed by atoms with E-state index in [1.54, 1.807) is 0 Å². The van der Waals surface area contributed by atoms with E-state index in [4.69, 9.17) is 0 Å². The van der Waals surface area contributed by atoms with Crippen LogP contribution >= 0.6 is 0 Å². The van der Waals surface area contributed by atoms with Crippen molar-refractivity contribution in [2.45, 2.75) is 53.1 Å². The summed E-state index contributed by atoms with van der Waals surface area (Å²) in [5.41, 5.74) is 0. The smallest absolute Gasteiger partial charge is 0.0895 e. The molecule has 0 aliphatic rings. The minimum Gasteiger partial charge on any atom is -0.337 e. The topological polar surface area (TPSA) is 15.6 Å². The second-order valence-corrected chi connectivity index (χ2v) is 3.69. The lowest BCUT2D eigenvalue weighted by molar-refractivity contribution is 0.466. The molecule has 0 radical (unpaired) electrons. The Kier molecular flexibility index (Phi) is 6.29. The molecule has 0 aromatic rings. The predicted molar refractivity (Wildman–Crippen MR) is 60.0 cm³/mol. The van der Waals surface area contributed by atoms with Crippen molar-refractivity contribution in [2.24, 2.45) is 4.99 Å². The normalized spacial score (nSPS) is 12.5. The molecule has 0 bridgehead atoms. The summed E-state index contributed by atoms with van der Waals surface area (Å²) in [5.74, 6) is 0. The SMILES string of the molecule is CCC=CN(/C=N\C(C)C)C(C)C. The summed E-state index contributed by atoms with van der Waals surface area (Å²) in [6.07, 6.45) is 7.23. The summed E-state index contributed by atoms with van der Waals surface area (Å²) in [7, 11) is 0. The number of rotatable bonds is 5. The van der Waals surface area contributed by atoms with Gasteiger partial charge in [-0.1, -0.05) is 13.0 Å². The summed E-state index contributed by atoms with van der Waals surface area (Å²) in [6.45, 7) is 10.6.